The van der Waals surface area contributed by atoms with E-state index in [2.05, 4.69) is 11.9 Å². The number of aryl methyl sites for hydroxylation is 1. The van der Waals surface area contributed by atoms with Gasteiger partial charge in [0.1, 0.15) is 6.61 Å². The number of rotatable bonds is 6. The number of imide groups is 1. The van der Waals surface area contributed by atoms with Gasteiger partial charge in [-0.25, -0.2) is 0 Å². The molecule has 0 saturated heterocycles. The second-order valence-corrected chi connectivity index (χ2v) is 6.21. The number of carbonyl (C=O) groups is 3. The van der Waals surface area contributed by atoms with Crippen LogP contribution in [0.2, 0.25) is 0 Å². The Hall–Kier alpha value is -3.21. The summed E-state index contributed by atoms with van der Waals surface area (Å²) in [6.45, 7) is 5.86. The summed E-state index contributed by atoms with van der Waals surface area (Å²) < 4.78 is 5.36. The SMILES string of the molecule is C=CCc1ccc(COC(=O)Cc2cccc3c2C(=O)NC3=O)c(C)c1. The van der Waals surface area contributed by atoms with Crippen molar-refractivity contribution in [3.05, 3.63) is 82.4 Å². The Labute approximate surface area is 151 Å². The highest BCUT2D eigenvalue weighted by molar-refractivity contribution is 6.22. The summed E-state index contributed by atoms with van der Waals surface area (Å²) in [6.07, 6.45) is 2.58. The van der Waals surface area contributed by atoms with Crippen molar-refractivity contribution in [1.82, 2.24) is 5.32 Å². The van der Waals surface area contributed by atoms with Gasteiger partial charge in [0.05, 0.1) is 17.5 Å². The first-order valence-corrected chi connectivity index (χ1v) is 8.32. The van der Waals surface area contributed by atoms with Gasteiger partial charge in [-0.2, -0.15) is 0 Å². The van der Waals surface area contributed by atoms with Gasteiger partial charge in [0, 0.05) is 0 Å². The first-order chi connectivity index (χ1) is 12.5. The molecule has 0 radical (unpaired) electrons. The largest absolute Gasteiger partial charge is 0.461 e. The Balaban J connectivity index is 1.67. The molecule has 132 valence electrons. The minimum atomic E-state index is -0.470. The molecule has 1 heterocycles. The van der Waals surface area contributed by atoms with E-state index in [1.807, 2.05) is 31.2 Å². The molecule has 0 aromatic heterocycles. The van der Waals surface area contributed by atoms with E-state index in [1.165, 1.54) is 0 Å². The summed E-state index contributed by atoms with van der Waals surface area (Å²) >= 11 is 0. The number of carbonyl (C=O) groups excluding carboxylic acids is 3. The summed E-state index contributed by atoms with van der Waals surface area (Å²) in [5, 5.41) is 2.24. The summed E-state index contributed by atoms with van der Waals surface area (Å²) in [5.41, 5.74) is 4.19. The van der Waals surface area contributed by atoms with E-state index in [1.54, 1.807) is 18.2 Å². The van der Waals surface area contributed by atoms with Crippen LogP contribution in [0.25, 0.3) is 0 Å². The molecule has 0 spiro atoms. The summed E-state index contributed by atoms with van der Waals surface area (Å²) in [6, 6.07) is 10.9. The van der Waals surface area contributed by atoms with Crippen molar-refractivity contribution in [2.75, 3.05) is 0 Å². The third-order valence-corrected chi connectivity index (χ3v) is 4.36. The number of allylic oxidation sites excluding steroid dienone is 1. The van der Waals surface area contributed by atoms with Crippen LogP contribution in [0.1, 0.15) is 43.0 Å². The minimum Gasteiger partial charge on any atom is -0.461 e. The lowest BCUT2D eigenvalue weighted by molar-refractivity contribution is -0.144. The van der Waals surface area contributed by atoms with Crippen molar-refractivity contribution < 1.29 is 19.1 Å². The van der Waals surface area contributed by atoms with Crippen molar-refractivity contribution in [1.29, 1.82) is 0 Å². The highest BCUT2D eigenvalue weighted by Crippen LogP contribution is 2.21. The smallest absolute Gasteiger partial charge is 0.310 e. The van der Waals surface area contributed by atoms with Gasteiger partial charge in [-0.15, -0.1) is 6.58 Å². The predicted octanol–water partition coefficient (Wildman–Crippen LogP) is 2.89. The second-order valence-electron chi connectivity index (χ2n) is 6.21. The molecule has 2 aromatic carbocycles. The number of hydrogen-bond donors (Lipinski definition) is 1. The van der Waals surface area contributed by atoms with E-state index < -0.39 is 17.8 Å². The van der Waals surface area contributed by atoms with Gasteiger partial charge in [-0.1, -0.05) is 36.4 Å². The first kappa shape index (κ1) is 17.6. The third kappa shape index (κ3) is 3.57. The topological polar surface area (TPSA) is 72.5 Å². The molecule has 0 unspecified atom stereocenters. The fourth-order valence-corrected chi connectivity index (χ4v) is 3.02. The normalized spacial score (nSPS) is 12.5. The summed E-state index contributed by atoms with van der Waals surface area (Å²) in [5.74, 6) is -1.35. The van der Waals surface area contributed by atoms with Crippen LogP contribution in [0, 0.1) is 6.92 Å². The molecule has 1 aliphatic rings. The number of nitrogens with one attached hydrogen (secondary N) is 1. The fourth-order valence-electron chi connectivity index (χ4n) is 3.02. The van der Waals surface area contributed by atoms with Crippen molar-refractivity contribution in [3.63, 3.8) is 0 Å². The van der Waals surface area contributed by atoms with Crippen molar-refractivity contribution in [2.24, 2.45) is 0 Å². The van der Waals surface area contributed by atoms with Gasteiger partial charge in [-0.3, -0.25) is 19.7 Å². The van der Waals surface area contributed by atoms with E-state index in [0.717, 1.165) is 23.1 Å². The molecular weight excluding hydrogens is 330 g/mol. The Kier molecular flexibility index (Phi) is 4.98. The van der Waals surface area contributed by atoms with Crippen LogP contribution in [0.15, 0.2) is 49.1 Å². The average molecular weight is 349 g/mol. The van der Waals surface area contributed by atoms with Crippen LogP contribution in [-0.2, 0) is 29.0 Å². The molecule has 5 nitrogen and oxygen atoms in total. The van der Waals surface area contributed by atoms with Crippen LogP contribution >= 0.6 is 0 Å². The molecule has 2 aromatic rings. The number of benzene rings is 2. The molecule has 3 rings (SSSR count). The maximum atomic E-state index is 12.2. The van der Waals surface area contributed by atoms with Crippen molar-refractivity contribution in [3.8, 4) is 0 Å². The number of fused-ring (bicyclic) bond motifs is 1. The molecule has 1 aliphatic heterocycles. The average Bonchev–Trinajstić information content (AvgIpc) is 2.90. The monoisotopic (exact) mass is 349 g/mol. The molecule has 0 fully saturated rings. The standard InChI is InChI=1S/C21H19NO4/c1-3-5-14-8-9-16(13(2)10-14)12-26-18(23)11-15-6-4-7-17-19(15)21(25)22-20(17)24/h3-4,6-10H,1,5,11-12H2,2H3,(H,22,24,25). The van der Waals surface area contributed by atoms with Gasteiger partial charge in [-0.05, 0) is 41.7 Å². The first-order valence-electron chi connectivity index (χ1n) is 8.32. The molecule has 5 heteroatoms. The van der Waals surface area contributed by atoms with Crippen LogP contribution in [0.5, 0.6) is 0 Å². The maximum Gasteiger partial charge on any atom is 0.310 e. The molecule has 26 heavy (non-hydrogen) atoms. The molecule has 1 N–H and O–H groups in total. The van der Waals surface area contributed by atoms with E-state index >= 15 is 0 Å². The predicted molar refractivity (Wildman–Crippen MR) is 96.8 cm³/mol. The van der Waals surface area contributed by atoms with E-state index in [-0.39, 0.29) is 18.6 Å². The number of ether oxygens (including phenoxy) is 1. The molecule has 2 amide bonds. The molecule has 0 aliphatic carbocycles. The molecule has 0 bridgehead atoms. The summed E-state index contributed by atoms with van der Waals surface area (Å²) in [4.78, 5) is 35.8. The van der Waals surface area contributed by atoms with Crippen molar-refractivity contribution >= 4 is 17.8 Å². The second kappa shape index (κ2) is 7.35. The maximum absolute atomic E-state index is 12.2. The van der Waals surface area contributed by atoms with Crippen LogP contribution in [0.4, 0.5) is 0 Å². The Morgan fingerprint density at radius 3 is 2.69 bits per heavy atom. The quantitative estimate of drug-likeness (QED) is 0.494. The third-order valence-electron chi connectivity index (χ3n) is 4.36. The molecule has 0 saturated carbocycles. The lowest BCUT2D eigenvalue weighted by atomic mass is 10.0. The van der Waals surface area contributed by atoms with Gasteiger partial charge < -0.3 is 4.74 Å². The highest BCUT2D eigenvalue weighted by atomic mass is 16.5. The van der Waals surface area contributed by atoms with Gasteiger partial charge in [0.25, 0.3) is 11.8 Å². The van der Waals surface area contributed by atoms with E-state index in [9.17, 15) is 14.4 Å². The lowest BCUT2D eigenvalue weighted by Gasteiger charge is -2.10. The number of amides is 2. The summed E-state index contributed by atoms with van der Waals surface area (Å²) in [7, 11) is 0. The van der Waals surface area contributed by atoms with E-state index in [4.69, 9.17) is 4.74 Å². The van der Waals surface area contributed by atoms with E-state index in [0.29, 0.717) is 11.1 Å². The Morgan fingerprint density at radius 1 is 1.15 bits per heavy atom. The Morgan fingerprint density at radius 2 is 1.96 bits per heavy atom. The van der Waals surface area contributed by atoms with Crippen LogP contribution in [0.3, 0.4) is 0 Å². The zero-order valence-corrected chi connectivity index (χ0v) is 14.5. The van der Waals surface area contributed by atoms with Crippen LogP contribution in [-0.4, -0.2) is 17.8 Å². The van der Waals surface area contributed by atoms with Gasteiger partial charge >= 0.3 is 5.97 Å². The molecular formula is C21H19NO4. The minimum absolute atomic E-state index is 0.0581. The highest BCUT2D eigenvalue weighted by Gasteiger charge is 2.29. The van der Waals surface area contributed by atoms with Crippen molar-refractivity contribution in [2.45, 2.75) is 26.4 Å². The Bertz CT molecular complexity index is 914. The number of esters is 1. The number of hydrogen-bond acceptors (Lipinski definition) is 4. The fraction of sp³-hybridized carbons (Fsp3) is 0.190. The van der Waals surface area contributed by atoms with Gasteiger partial charge in [0.15, 0.2) is 0 Å². The van der Waals surface area contributed by atoms with Crippen LogP contribution < -0.4 is 5.32 Å². The lowest BCUT2D eigenvalue weighted by Crippen LogP contribution is -2.20. The zero-order chi connectivity index (χ0) is 18.7. The van der Waals surface area contributed by atoms with Gasteiger partial charge in [0.2, 0.25) is 0 Å². The zero-order valence-electron chi connectivity index (χ0n) is 14.5. The molecule has 0 atom stereocenters.